The number of aromatic nitrogens is 4. The van der Waals surface area contributed by atoms with E-state index in [0.717, 1.165) is 23.5 Å². The van der Waals surface area contributed by atoms with Gasteiger partial charge in [0.05, 0.1) is 4.88 Å². The Labute approximate surface area is 118 Å². The predicted octanol–water partition coefficient (Wildman–Crippen LogP) is 2.94. The van der Waals surface area contributed by atoms with Gasteiger partial charge in [0, 0.05) is 5.92 Å². The Bertz CT molecular complexity index is 791. The van der Waals surface area contributed by atoms with Crippen LogP contribution in [0.3, 0.4) is 0 Å². The van der Waals surface area contributed by atoms with Crippen LogP contribution in [0.15, 0.2) is 21.9 Å². The van der Waals surface area contributed by atoms with Crippen LogP contribution in [0.1, 0.15) is 30.2 Å². The monoisotopic (exact) mass is 283 g/mol. The summed E-state index contributed by atoms with van der Waals surface area (Å²) in [7, 11) is 0. The number of aromatic amines is 1. The number of rotatable bonds is 3. The molecule has 0 atom stereocenters. The largest absolute Gasteiger partial charge is 0.439 e. The summed E-state index contributed by atoms with van der Waals surface area (Å²) in [5.41, 5.74) is 1.36. The zero-order chi connectivity index (χ0) is 13.5. The van der Waals surface area contributed by atoms with E-state index in [9.17, 15) is 0 Å². The first-order valence-electron chi connectivity index (χ1n) is 6.22. The van der Waals surface area contributed by atoms with Gasteiger partial charge in [-0.25, -0.2) is 4.98 Å². The zero-order valence-corrected chi connectivity index (χ0v) is 11.1. The van der Waals surface area contributed by atoms with Crippen molar-refractivity contribution in [2.24, 2.45) is 0 Å². The number of oxazole rings is 1. The molecule has 0 saturated heterocycles. The van der Waals surface area contributed by atoms with E-state index in [1.165, 1.54) is 0 Å². The molecule has 0 aromatic carbocycles. The molecule has 1 fully saturated rings. The summed E-state index contributed by atoms with van der Waals surface area (Å²) in [5, 5.41) is 21.4. The lowest BCUT2D eigenvalue weighted by atomic mass is 10.2. The van der Waals surface area contributed by atoms with E-state index < -0.39 is 0 Å². The molecule has 0 radical (unpaired) electrons. The van der Waals surface area contributed by atoms with Crippen molar-refractivity contribution >= 4 is 11.3 Å². The fourth-order valence-corrected chi connectivity index (χ4v) is 2.75. The van der Waals surface area contributed by atoms with Crippen molar-refractivity contribution in [3.8, 4) is 28.2 Å². The molecule has 4 rings (SSSR count). The van der Waals surface area contributed by atoms with Crippen molar-refractivity contribution in [2.45, 2.75) is 18.8 Å². The maximum Gasteiger partial charge on any atom is 0.237 e. The second kappa shape index (κ2) is 4.28. The lowest BCUT2D eigenvalue weighted by Crippen LogP contribution is -1.87. The third-order valence-electron chi connectivity index (χ3n) is 3.21. The van der Waals surface area contributed by atoms with E-state index in [1.54, 1.807) is 11.3 Å². The normalized spacial score (nSPS) is 14.3. The van der Waals surface area contributed by atoms with Crippen LogP contribution in [0.2, 0.25) is 0 Å². The summed E-state index contributed by atoms with van der Waals surface area (Å²) >= 11 is 1.57. The second-order valence-electron chi connectivity index (χ2n) is 4.62. The highest BCUT2D eigenvalue weighted by Gasteiger charge is 2.34. The van der Waals surface area contributed by atoms with Crippen molar-refractivity contribution in [1.29, 1.82) is 5.26 Å². The van der Waals surface area contributed by atoms with Crippen molar-refractivity contribution < 1.29 is 4.42 Å². The average Bonchev–Trinajstić information content (AvgIpc) is 2.93. The minimum absolute atomic E-state index is 0.248. The molecule has 98 valence electrons. The lowest BCUT2D eigenvalue weighted by Gasteiger charge is -1.93. The third-order valence-corrected chi connectivity index (χ3v) is 4.07. The van der Waals surface area contributed by atoms with Crippen molar-refractivity contribution in [3.05, 3.63) is 29.0 Å². The van der Waals surface area contributed by atoms with Gasteiger partial charge in [-0.2, -0.15) is 15.6 Å². The molecule has 3 aromatic rings. The van der Waals surface area contributed by atoms with Crippen LogP contribution >= 0.6 is 11.3 Å². The Balaban J connectivity index is 1.88. The number of thiophene rings is 1. The van der Waals surface area contributed by atoms with E-state index in [1.807, 2.05) is 23.6 Å². The highest BCUT2D eigenvalue weighted by molar-refractivity contribution is 7.13. The Morgan fingerprint density at radius 1 is 1.35 bits per heavy atom. The average molecular weight is 283 g/mol. The lowest BCUT2D eigenvalue weighted by molar-refractivity contribution is 0.522. The molecule has 1 aliphatic carbocycles. The quantitative estimate of drug-likeness (QED) is 0.797. The molecule has 3 aromatic heterocycles. The fourth-order valence-electron chi connectivity index (χ4n) is 2.10. The van der Waals surface area contributed by atoms with Crippen molar-refractivity contribution in [1.82, 2.24) is 20.4 Å². The standard InChI is InChI=1S/C13H9N5OS/c14-6-8-10(17-18-16-8)11-12(7-3-4-7)19-13(15-11)9-2-1-5-20-9/h1-2,5,7H,3-4H2,(H,16,17,18). The topological polar surface area (TPSA) is 91.4 Å². The first-order chi connectivity index (χ1) is 9.86. The number of nitriles is 1. The number of nitrogens with zero attached hydrogens (tertiary/aromatic N) is 4. The molecule has 1 saturated carbocycles. The van der Waals surface area contributed by atoms with Crippen LogP contribution in [-0.4, -0.2) is 20.4 Å². The van der Waals surface area contributed by atoms with Crippen LogP contribution in [0, 0.1) is 11.3 Å². The van der Waals surface area contributed by atoms with E-state index in [0.29, 0.717) is 23.2 Å². The van der Waals surface area contributed by atoms with Gasteiger partial charge in [0.1, 0.15) is 17.5 Å². The number of H-pyrrole nitrogens is 1. The first-order valence-corrected chi connectivity index (χ1v) is 7.10. The van der Waals surface area contributed by atoms with Gasteiger partial charge in [-0.15, -0.1) is 16.4 Å². The second-order valence-corrected chi connectivity index (χ2v) is 5.56. The van der Waals surface area contributed by atoms with E-state index in [2.05, 4.69) is 20.4 Å². The molecule has 0 aliphatic heterocycles. The van der Waals surface area contributed by atoms with E-state index >= 15 is 0 Å². The van der Waals surface area contributed by atoms with Crippen LogP contribution < -0.4 is 0 Å². The Kier molecular flexibility index (Phi) is 2.44. The van der Waals surface area contributed by atoms with Crippen LogP contribution in [0.5, 0.6) is 0 Å². The highest BCUT2D eigenvalue weighted by Crippen LogP contribution is 2.46. The summed E-state index contributed by atoms with van der Waals surface area (Å²) in [6, 6.07) is 5.94. The highest BCUT2D eigenvalue weighted by atomic mass is 32.1. The van der Waals surface area contributed by atoms with Crippen molar-refractivity contribution in [3.63, 3.8) is 0 Å². The molecule has 20 heavy (non-hydrogen) atoms. The molecule has 7 heteroatoms. The first kappa shape index (κ1) is 11.4. The Hall–Kier alpha value is -2.46. The summed E-state index contributed by atoms with van der Waals surface area (Å²) in [6.07, 6.45) is 2.18. The van der Waals surface area contributed by atoms with Gasteiger partial charge < -0.3 is 4.42 Å². The molecule has 6 nitrogen and oxygen atoms in total. The van der Waals surface area contributed by atoms with Gasteiger partial charge in [0.15, 0.2) is 11.4 Å². The van der Waals surface area contributed by atoms with E-state index in [-0.39, 0.29) is 5.69 Å². The molecular formula is C13H9N5OS. The van der Waals surface area contributed by atoms with Crippen molar-refractivity contribution in [2.75, 3.05) is 0 Å². The SMILES string of the molecule is N#Cc1n[nH]nc1-c1nc(-c2cccs2)oc1C1CC1. The number of hydrogen-bond donors (Lipinski definition) is 1. The molecule has 1 N–H and O–H groups in total. The maximum absolute atomic E-state index is 9.08. The van der Waals surface area contributed by atoms with Gasteiger partial charge in [0.25, 0.3) is 0 Å². The van der Waals surface area contributed by atoms with Crippen LogP contribution in [-0.2, 0) is 0 Å². The number of hydrogen-bond acceptors (Lipinski definition) is 6. The molecular weight excluding hydrogens is 274 g/mol. The third kappa shape index (κ3) is 1.73. The minimum Gasteiger partial charge on any atom is -0.439 e. The van der Waals surface area contributed by atoms with Gasteiger partial charge in [-0.3, -0.25) is 0 Å². The molecule has 0 bridgehead atoms. The Morgan fingerprint density at radius 2 is 2.25 bits per heavy atom. The zero-order valence-electron chi connectivity index (χ0n) is 10.3. The maximum atomic E-state index is 9.08. The van der Waals surface area contributed by atoms with Crippen LogP contribution in [0.4, 0.5) is 0 Å². The minimum atomic E-state index is 0.248. The van der Waals surface area contributed by atoms with Gasteiger partial charge in [0.2, 0.25) is 5.89 Å². The number of nitrogens with one attached hydrogen (secondary N) is 1. The summed E-state index contributed by atoms with van der Waals surface area (Å²) in [4.78, 5) is 5.51. The summed E-state index contributed by atoms with van der Waals surface area (Å²) in [5.74, 6) is 1.79. The molecule has 0 unspecified atom stereocenters. The van der Waals surface area contributed by atoms with E-state index in [4.69, 9.17) is 9.68 Å². The molecule has 0 spiro atoms. The molecule has 0 amide bonds. The Morgan fingerprint density at radius 3 is 2.95 bits per heavy atom. The van der Waals surface area contributed by atoms with Crippen LogP contribution in [0.25, 0.3) is 22.2 Å². The molecule has 3 heterocycles. The van der Waals surface area contributed by atoms with Gasteiger partial charge >= 0.3 is 0 Å². The predicted molar refractivity (Wildman–Crippen MR) is 71.9 cm³/mol. The fraction of sp³-hybridized carbons (Fsp3) is 0.231. The smallest absolute Gasteiger partial charge is 0.237 e. The van der Waals surface area contributed by atoms with Gasteiger partial charge in [-0.1, -0.05) is 6.07 Å². The summed E-state index contributed by atoms with van der Waals surface area (Å²) in [6.45, 7) is 0. The van der Waals surface area contributed by atoms with Gasteiger partial charge in [-0.05, 0) is 24.3 Å². The summed E-state index contributed by atoms with van der Waals surface area (Å²) < 4.78 is 5.91. The molecule has 1 aliphatic rings.